The Kier molecular flexibility index (Phi) is 3.14. The molecule has 0 aromatic heterocycles. The Hall–Kier alpha value is -2.16. The van der Waals surface area contributed by atoms with E-state index in [9.17, 15) is 24.3 Å². The quantitative estimate of drug-likeness (QED) is 0.592. The predicted octanol–water partition coefficient (Wildman–Crippen LogP) is -1.62. The van der Waals surface area contributed by atoms with Crippen molar-refractivity contribution in [3.8, 4) is 0 Å². The molecule has 0 spiro atoms. The number of aliphatic carboxylic acids is 1. The summed E-state index contributed by atoms with van der Waals surface area (Å²) in [5, 5.41) is 12.0. The molecule has 2 atom stereocenters. The van der Waals surface area contributed by atoms with E-state index < -0.39 is 35.5 Å². The third-order valence-electron chi connectivity index (χ3n) is 2.86. The summed E-state index contributed by atoms with van der Waals surface area (Å²) in [4.78, 5) is 50.3. The smallest absolute Gasteiger partial charge is 0.372 e. The highest BCUT2D eigenvalue weighted by molar-refractivity contribution is 5.93. The molecule has 2 saturated heterocycles. The molecule has 0 aliphatic carbocycles. The molecular formula is C10H12N2O7. The minimum absolute atomic E-state index is 0.121. The van der Waals surface area contributed by atoms with E-state index in [1.165, 1.54) is 6.92 Å². The topological polar surface area (TPSA) is 122 Å². The Morgan fingerprint density at radius 3 is 2.63 bits per heavy atom. The van der Waals surface area contributed by atoms with Crippen LogP contribution in [0.3, 0.4) is 0 Å². The number of amides is 2. The van der Waals surface area contributed by atoms with Gasteiger partial charge in [-0.25, -0.2) is 4.79 Å². The van der Waals surface area contributed by atoms with Crippen LogP contribution in [0.4, 0.5) is 0 Å². The molecule has 0 bridgehead atoms. The molecule has 2 rings (SSSR count). The lowest BCUT2D eigenvalue weighted by molar-refractivity contribution is -0.256. The van der Waals surface area contributed by atoms with Crippen molar-refractivity contribution < 1.29 is 33.9 Å². The van der Waals surface area contributed by atoms with Crippen LogP contribution in [-0.2, 0) is 28.8 Å². The fraction of sp³-hybridized carbons (Fsp3) is 0.600. The monoisotopic (exact) mass is 272 g/mol. The number of carboxylic acid groups (broad SMARTS) is 1. The molecule has 2 amide bonds. The van der Waals surface area contributed by atoms with Crippen LogP contribution in [0.25, 0.3) is 0 Å². The fourth-order valence-electron chi connectivity index (χ4n) is 2.00. The number of rotatable bonds is 3. The van der Waals surface area contributed by atoms with Gasteiger partial charge in [-0.15, -0.1) is 0 Å². The number of carbonyl (C=O) groups is 4. The summed E-state index contributed by atoms with van der Waals surface area (Å²) in [5.41, 5.74) is -2.14. The summed E-state index contributed by atoms with van der Waals surface area (Å²) in [6.45, 7) is 1.02. The average Bonchev–Trinajstić information content (AvgIpc) is 2.85. The number of carbonyl (C=O) groups excluding carboxylic acids is 3. The van der Waals surface area contributed by atoms with Gasteiger partial charge in [0.25, 0.3) is 5.91 Å². The number of carboxylic acids is 1. The number of nitrogens with zero attached hydrogens (tertiary/aromatic N) is 1. The molecule has 9 nitrogen and oxygen atoms in total. The van der Waals surface area contributed by atoms with Crippen LogP contribution in [0.2, 0.25) is 0 Å². The Labute approximate surface area is 107 Å². The van der Waals surface area contributed by atoms with Crippen molar-refractivity contribution in [2.45, 2.75) is 31.5 Å². The van der Waals surface area contributed by atoms with Crippen molar-refractivity contribution in [2.75, 3.05) is 6.61 Å². The average molecular weight is 272 g/mol. The normalized spacial score (nSPS) is 30.4. The van der Waals surface area contributed by atoms with Crippen LogP contribution in [0.1, 0.15) is 19.8 Å². The highest BCUT2D eigenvalue weighted by atomic mass is 16.7. The molecule has 2 aliphatic heterocycles. The van der Waals surface area contributed by atoms with Crippen LogP contribution in [0.15, 0.2) is 0 Å². The highest BCUT2D eigenvalue weighted by Crippen LogP contribution is 2.33. The predicted molar refractivity (Wildman–Crippen MR) is 56.1 cm³/mol. The number of nitrogens with one attached hydrogen (secondary N) is 1. The van der Waals surface area contributed by atoms with E-state index in [1.54, 1.807) is 0 Å². The zero-order valence-corrected chi connectivity index (χ0v) is 10.0. The largest absolute Gasteiger partial charge is 0.477 e. The molecular weight excluding hydrogens is 260 g/mol. The molecule has 104 valence electrons. The summed E-state index contributed by atoms with van der Waals surface area (Å²) >= 11 is 0. The first kappa shape index (κ1) is 13.3. The summed E-state index contributed by atoms with van der Waals surface area (Å²) < 4.78 is 4.75. The number of hydrogen-bond donors (Lipinski definition) is 2. The number of esters is 1. The summed E-state index contributed by atoms with van der Waals surface area (Å²) in [6.07, 6.45) is -0.316. The van der Waals surface area contributed by atoms with Gasteiger partial charge in [0.2, 0.25) is 5.91 Å². The lowest BCUT2D eigenvalue weighted by atomic mass is 10.1. The van der Waals surface area contributed by atoms with E-state index >= 15 is 0 Å². The Morgan fingerprint density at radius 2 is 2.16 bits per heavy atom. The van der Waals surface area contributed by atoms with E-state index in [4.69, 9.17) is 9.57 Å². The van der Waals surface area contributed by atoms with Gasteiger partial charge in [-0.1, -0.05) is 0 Å². The van der Waals surface area contributed by atoms with Gasteiger partial charge in [-0.05, 0) is 0 Å². The lowest BCUT2D eigenvalue weighted by Gasteiger charge is -2.30. The fourth-order valence-corrected chi connectivity index (χ4v) is 2.00. The molecule has 9 heteroatoms. The lowest BCUT2D eigenvalue weighted by Crippen LogP contribution is -2.56. The molecule has 2 heterocycles. The second-order valence-electron chi connectivity index (χ2n) is 4.25. The van der Waals surface area contributed by atoms with Crippen molar-refractivity contribution >= 4 is 23.8 Å². The molecule has 0 aromatic carbocycles. The SMILES string of the molecule is CC(=O)N[C@H]1CON([C@@]2(C(=O)O)CCC(=O)O2)C1=O. The first-order valence-corrected chi connectivity index (χ1v) is 5.56. The molecule has 2 aliphatic rings. The highest BCUT2D eigenvalue weighted by Gasteiger charge is 2.59. The first-order chi connectivity index (χ1) is 8.86. The van der Waals surface area contributed by atoms with Crippen LogP contribution >= 0.6 is 0 Å². The van der Waals surface area contributed by atoms with Gasteiger partial charge < -0.3 is 15.2 Å². The maximum absolute atomic E-state index is 12.0. The van der Waals surface area contributed by atoms with Crippen molar-refractivity contribution in [3.63, 3.8) is 0 Å². The van der Waals surface area contributed by atoms with Crippen molar-refractivity contribution in [1.82, 2.24) is 10.4 Å². The summed E-state index contributed by atoms with van der Waals surface area (Å²) in [6, 6.07) is -0.979. The van der Waals surface area contributed by atoms with Crippen LogP contribution in [0.5, 0.6) is 0 Å². The van der Waals surface area contributed by atoms with Crippen LogP contribution in [0, 0.1) is 0 Å². The molecule has 0 saturated carbocycles. The minimum Gasteiger partial charge on any atom is -0.477 e. The zero-order chi connectivity index (χ0) is 14.2. The zero-order valence-electron chi connectivity index (χ0n) is 10.0. The second kappa shape index (κ2) is 4.50. The molecule has 2 fully saturated rings. The van der Waals surface area contributed by atoms with Crippen LogP contribution < -0.4 is 5.32 Å². The standard InChI is InChI=1S/C10H12N2O7/c1-5(13)11-6-4-18-12(8(6)15)10(9(16)17)3-2-7(14)19-10/h6H,2-4H2,1H3,(H,11,13)(H,16,17)/t6-,10-/m0/s1. The van der Waals surface area contributed by atoms with Gasteiger partial charge in [0, 0.05) is 13.3 Å². The van der Waals surface area contributed by atoms with Gasteiger partial charge in [0.05, 0.1) is 6.42 Å². The molecule has 0 unspecified atom stereocenters. The van der Waals surface area contributed by atoms with Crippen LogP contribution in [-0.4, -0.2) is 52.3 Å². The van der Waals surface area contributed by atoms with Gasteiger partial charge in [0.1, 0.15) is 12.6 Å². The molecule has 0 aromatic rings. The summed E-state index contributed by atoms with van der Waals surface area (Å²) in [7, 11) is 0. The summed E-state index contributed by atoms with van der Waals surface area (Å²) in [5.74, 6) is -3.42. The van der Waals surface area contributed by atoms with Crippen molar-refractivity contribution in [2.24, 2.45) is 0 Å². The number of ether oxygens (including phenoxy) is 1. The third kappa shape index (κ3) is 2.12. The molecule has 0 radical (unpaired) electrons. The van der Waals surface area contributed by atoms with Crippen molar-refractivity contribution in [1.29, 1.82) is 0 Å². The third-order valence-corrected chi connectivity index (χ3v) is 2.86. The van der Waals surface area contributed by atoms with E-state index in [0.717, 1.165) is 0 Å². The Balaban J connectivity index is 2.21. The van der Waals surface area contributed by atoms with E-state index in [2.05, 4.69) is 5.32 Å². The Morgan fingerprint density at radius 1 is 1.47 bits per heavy atom. The maximum Gasteiger partial charge on any atom is 0.372 e. The van der Waals surface area contributed by atoms with E-state index in [-0.39, 0.29) is 19.4 Å². The van der Waals surface area contributed by atoms with E-state index in [0.29, 0.717) is 5.06 Å². The van der Waals surface area contributed by atoms with E-state index in [1.807, 2.05) is 0 Å². The molecule has 19 heavy (non-hydrogen) atoms. The maximum atomic E-state index is 12.0. The second-order valence-corrected chi connectivity index (χ2v) is 4.25. The minimum atomic E-state index is -2.14. The Bertz CT molecular complexity index is 463. The van der Waals surface area contributed by atoms with Gasteiger partial charge in [-0.3, -0.25) is 19.2 Å². The number of hydrogen-bond acceptors (Lipinski definition) is 6. The molecule has 2 N–H and O–H groups in total. The van der Waals surface area contributed by atoms with Gasteiger partial charge >= 0.3 is 17.7 Å². The van der Waals surface area contributed by atoms with Crippen molar-refractivity contribution in [3.05, 3.63) is 0 Å². The van der Waals surface area contributed by atoms with Gasteiger partial charge in [-0.2, -0.15) is 5.06 Å². The number of hydroxylamine groups is 2. The van der Waals surface area contributed by atoms with Gasteiger partial charge in [0.15, 0.2) is 0 Å². The number of cyclic esters (lactones) is 1. The first-order valence-electron chi connectivity index (χ1n) is 5.56.